The summed E-state index contributed by atoms with van der Waals surface area (Å²) in [5.74, 6) is 1.82. The Morgan fingerprint density at radius 1 is 0.551 bits per heavy atom. The average molecular weight is 1260 g/mol. The van der Waals surface area contributed by atoms with Gasteiger partial charge >= 0.3 is 0 Å². The van der Waals surface area contributed by atoms with Gasteiger partial charge in [-0.1, -0.05) is 95.3 Å². The van der Waals surface area contributed by atoms with Crippen LogP contribution in [-0.4, -0.2) is 192 Å². The van der Waals surface area contributed by atoms with Crippen molar-refractivity contribution in [3.05, 3.63) is 108 Å². The quantitative estimate of drug-likeness (QED) is 0.130. The molecule has 482 valence electrons. The number of fused-ring (bicyclic) bond motifs is 2. The van der Waals surface area contributed by atoms with Crippen LogP contribution in [0.15, 0.2) is 97.1 Å². The van der Waals surface area contributed by atoms with Crippen molar-refractivity contribution in [1.29, 1.82) is 0 Å². The highest BCUT2D eigenvalue weighted by Crippen LogP contribution is 2.50. The van der Waals surface area contributed by atoms with Crippen molar-refractivity contribution >= 4 is 81.7 Å². The highest BCUT2D eigenvalue weighted by atomic mass is 32.2. The van der Waals surface area contributed by atoms with E-state index < -0.39 is 21.7 Å². The van der Waals surface area contributed by atoms with E-state index in [1.165, 1.54) is 11.4 Å². The molecule has 4 aromatic rings. The maximum absolute atomic E-state index is 14.0. The minimum Gasteiger partial charge on any atom is -0.484 e. The monoisotopic (exact) mass is 1260 g/mol. The van der Waals surface area contributed by atoms with Gasteiger partial charge in [-0.05, 0) is 74.7 Å². The SMILES string of the molecule is CC(C)CCN1C(=O)C(CC(=O)N2CCC3(CC2)CC(=O)Nc2ccccc2O3)SC1c1ccccc1N1CCN(C)CC1.CN1CCN(c2ccccc2C2SC(CC(=O)N3CCC4(CC3)CC(=O)Nc3ccccc3O4)C(=O)N2CCC(C)(C)C)CC1.[HH].[HH]. The summed E-state index contributed by atoms with van der Waals surface area (Å²) < 4.78 is 12.9. The lowest BCUT2D eigenvalue weighted by Crippen LogP contribution is -2.51. The number of piperidine rings is 2. The molecule has 8 heterocycles. The van der Waals surface area contributed by atoms with Crippen LogP contribution in [-0.2, 0) is 28.8 Å². The van der Waals surface area contributed by atoms with E-state index in [1.807, 2.05) is 68.1 Å². The van der Waals surface area contributed by atoms with Crippen LogP contribution in [0.1, 0.15) is 124 Å². The molecule has 18 nitrogen and oxygen atoms in total. The molecule has 0 saturated carbocycles. The topological polar surface area (TPSA) is 171 Å². The lowest BCUT2D eigenvalue weighted by molar-refractivity contribution is -0.139. The summed E-state index contributed by atoms with van der Waals surface area (Å²) in [4.78, 5) is 98.1. The van der Waals surface area contributed by atoms with Gasteiger partial charge in [0.25, 0.3) is 0 Å². The molecule has 6 saturated heterocycles. The van der Waals surface area contributed by atoms with Crippen molar-refractivity contribution in [2.45, 2.75) is 131 Å². The van der Waals surface area contributed by atoms with E-state index in [9.17, 15) is 28.8 Å². The number of likely N-dealkylation sites (tertiary alicyclic amines) is 2. The molecule has 0 aliphatic carbocycles. The third-order valence-electron chi connectivity index (χ3n) is 19.1. The number of thioether (sulfide) groups is 2. The molecule has 4 atom stereocenters. The molecular weight excluding hydrogens is 1160 g/mol. The number of ether oxygens (including phenoxy) is 2. The molecule has 0 radical (unpaired) electrons. The van der Waals surface area contributed by atoms with Gasteiger partial charge in [0.05, 0.1) is 34.7 Å². The number of piperazine rings is 2. The van der Waals surface area contributed by atoms with Crippen molar-refractivity contribution < 1.29 is 41.1 Å². The fraction of sp³-hybridized carbons (Fsp3) is 0.565. The van der Waals surface area contributed by atoms with E-state index >= 15 is 0 Å². The molecule has 89 heavy (non-hydrogen) atoms. The van der Waals surface area contributed by atoms with E-state index in [0.29, 0.717) is 93.7 Å². The van der Waals surface area contributed by atoms with Crippen molar-refractivity contribution in [1.82, 2.24) is 29.4 Å². The van der Waals surface area contributed by atoms with E-state index in [0.717, 1.165) is 76.3 Å². The number of anilines is 4. The van der Waals surface area contributed by atoms with Crippen molar-refractivity contribution in [2.75, 3.05) is 126 Å². The van der Waals surface area contributed by atoms with Gasteiger partial charge in [0.1, 0.15) is 33.4 Å². The van der Waals surface area contributed by atoms with E-state index in [4.69, 9.17) is 9.47 Å². The fourth-order valence-electron chi connectivity index (χ4n) is 13.6. The molecule has 8 aliphatic rings. The predicted molar refractivity (Wildman–Crippen MR) is 359 cm³/mol. The maximum atomic E-state index is 14.0. The second-order valence-corrected chi connectivity index (χ2v) is 30.0. The molecule has 8 aliphatic heterocycles. The van der Waals surface area contributed by atoms with Crippen LogP contribution in [0.2, 0.25) is 0 Å². The summed E-state index contributed by atoms with van der Waals surface area (Å²) in [6, 6.07) is 32.0. The number of carbonyl (C=O) groups is 6. The van der Waals surface area contributed by atoms with Gasteiger partial charge in [-0.15, -0.1) is 23.5 Å². The van der Waals surface area contributed by atoms with Crippen molar-refractivity contribution in [3.8, 4) is 11.5 Å². The van der Waals surface area contributed by atoms with Crippen molar-refractivity contribution in [3.63, 3.8) is 0 Å². The number of likely N-dealkylation sites (N-methyl/N-ethyl adjacent to an activating group) is 2. The van der Waals surface area contributed by atoms with E-state index in [-0.39, 0.29) is 80.1 Å². The van der Waals surface area contributed by atoms with Gasteiger partial charge < -0.3 is 59.3 Å². The predicted octanol–water partition coefficient (Wildman–Crippen LogP) is 10.1. The second kappa shape index (κ2) is 27.5. The largest absolute Gasteiger partial charge is 0.484 e. The zero-order chi connectivity index (χ0) is 62.6. The first kappa shape index (κ1) is 64.1. The first-order valence-corrected chi connectivity index (χ1v) is 34.3. The van der Waals surface area contributed by atoms with Gasteiger partial charge in [0, 0.05) is 156 Å². The maximum Gasteiger partial charge on any atom is 0.237 e. The summed E-state index contributed by atoms with van der Waals surface area (Å²) in [6.45, 7) is 22.2. The molecule has 0 bridgehead atoms. The number of nitrogens with zero attached hydrogens (tertiary/aromatic N) is 8. The van der Waals surface area contributed by atoms with Crippen LogP contribution in [0.25, 0.3) is 0 Å². The number of amides is 6. The van der Waals surface area contributed by atoms with Gasteiger partial charge in [-0.25, -0.2) is 0 Å². The van der Waals surface area contributed by atoms with Crippen LogP contribution in [0.4, 0.5) is 22.7 Å². The minimum atomic E-state index is -0.632. The molecule has 2 N–H and O–H groups in total. The highest BCUT2D eigenvalue weighted by Gasteiger charge is 2.48. The lowest BCUT2D eigenvalue weighted by Gasteiger charge is -2.40. The summed E-state index contributed by atoms with van der Waals surface area (Å²) in [5, 5.41) is 4.83. The first-order chi connectivity index (χ1) is 42.7. The Kier molecular flexibility index (Phi) is 19.8. The molecule has 20 heteroatoms. The molecule has 4 aromatic carbocycles. The lowest BCUT2D eigenvalue weighted by atomic mass is 9.87. The Hall–Kier alpha value is -6.48. The number of para-hydroxylation sites is 6. The van der Waals surface area contributed by atoms with Gasteiger partial charge in [-0.3, -0.25) is 28.8 Å². The zero-order valence-corrected chi connectivity index (χ0v) is 54.9. The summed E-state index contributed by atoms with van der Waals surface area (Å²) in [6.07, 6.45) is 5.00. The van der Waals surface area contributed by atoms with Crippen LogP contribution in [0.3, 0.4) is 0 Å². The standard InChI is InChI=1S/C35H47N5O4S.C34H45N5O4S.2H2/c1-34(2,3)13-18-40-32(43)29(45-33(40)25-9-5-7-11-27(25)38-21-19-37(4)20-22-38)23-31(42)39-16-14-35(15-17-39)24-30(41)36-26-10-6-8-12-28(26)44-35;1-24(2)12-15-39-32(42)29(44-33(39)25-8-4-6-10-27(25)37-20-18-36(3)19-21-37)22-31(41)38-16-13-34(14-17-38)23-30(40)35-26-9-5-7-11-28(26)43-34;;/h5-12,29,33H,13-24H2,1-4H3,(H,36,41);4-11,24,29,33H,12-23H2,1-3H3,(H,35,40);2*1H. The molecule has 2 spiro atoms. The molecule has 6 amide bonds. The molecule has 6 fully saturated rings. The van der Waals surface area contributed by atoms with Crippen LogP contribution in [0, 0.1) is 11.3 Å². The number of nitrogens with one attached hydrogen (secondary N) is 2. The number of rotatable bonds is 13. The Balaban J connectivity index is 0.000000211. The Morgan fingerprint density at radius 3 is 1.34 bits per heavy atom. The minimum absolute atomic E-state index is 0. The number of hydrogen-bond donors (Lipinski definition) is 2. The molecule has 12 rings (SSSR count). The van der Waals surface area contributed by atoms with Crippen molar-refractivity contribution in [2.24, 2.45) is 11.3 Å². The Bertz CT molecular complexity index is 3210. The molecule has 0 aromatic heterocycles. The average Bonchev–Trinajstić information content (AvgIpc) is 1.77. The zero-order valence-electron chi connectivity index (χ0n) is 53.3. The Labute approximate surface area is 538 Å². The summed E-state index contributed by atoms with van der Waals surface area (Å²) in [7, 11) is 4.32. The number of hydrogen-bond acceptors (Lipinski definition) is 14. The molecular formula is C69H96N10O8S2. The van der Waals surface area contributed by atoms with Crippen LogP contribution >= 0.6 is 23.5 Å². The van der Waals surface area contributed by atoms with Gasteiger partial charge in [-0.2, -0.15) is 0 Å². The number of carbonyl (C=O) groups excluding carboxylic acids is 6. The van der Waals surface area contributed by atoms with Crippen LogP contribution < -0.4 is 29.9 Å². The first-order valence-electron chi connectivity index (χ1n) is 32.4. The van der Waals surface area contributed by atoms with Gasteiger partial charge in [0.2, 0.25) is 35.4 Å². The fourth-order valence-corrected chi connectivity index (χ4v) is 16.6. The number of benzene rings is 4. The Morgan fingerprint density at radius 2 is 0.933 bits per heavy atom. The third-order valence-corrected chi connectivity index (χ3v) is 22.1. The van der Waals surface area contributed by atoms with Gasteiger partial charge in [0.15, 0.2) is 0 Å². The smallest absolute Gasteiger partial charge is 0.237 e. The van der Waals surface area contributed by atoms with E-state index in [1.54, 1.807) is 23.5 Å². The van der Waals surface area contributed by atoms with Crippen LogP contribution in [0.5, 0.6) is 11.5 Å². The summed E-state index contributed by atoms with van der Waals surface area (Å²) >= 11 is 3.27. The third kappa shape index (κ3) is 15.1. The molecule has 4 unspecified atom stereocenters. The normalized spacial score (nSPS) is 23.9. The van der Waals surface area contributed by atoms with E-state index in [2.05, 4.69) is 127 Å². The summed E-state index contributed by atoms with van der Waals surface area (Å²) in [5.41, 5.74) is 4.92. The second-order valence-electron chi connectivity index (χ2n) is 27.4. The highest BCUT2D eigenvalue weighted by molar-refractivity contribution is 8.01.